The highest BCUT2D eigenvalue weighted by molar-refractivity contribution is 7.89. The van der Waals surface area contributed by atoms with Gasteiger partial charge in [-0.05, 0) is 66.4 Å². The Morgan fingerprint density at radius 3 is 1.98 bits per heavy atom. The molecule has 0 fully saturated rings. The van der Waals surface area contributed by atoms with Crippen molar-refractivity contribution < 1.29 is 49.0 Å². The summed E-state index contributed by atoms with van der Waals surface area (Å²) < 4.78 is 100. The minimum absolute atomic E-state index is 0.104. The Bertz CT molecular complexity index is 2380. The number of carbonyl (C=O) groups excluding carboxylic acids is 1. The van der Waals surface area contributed by atoms with Crippen LogP contribution in [0.15, 0.2) is 89.7 Å². The van der Waals surface area contributed by atoms with E-state index in [1.165, 1.54) is 47.8 Å². The van der Waals surface area contributed by atoms with Crippen molar-refractivity contribution >= 4 is 75.4 Å². The molecule has 20 heteroatoms. The molecule has 0 aliphatic rings. The fraction of sp³-hybridized carbons (Fsp3) is 0.233. The molecule has 0 spiro atoms. The largest absolute Gasteiger partial charge is 0.505 e. The molecule has 0 aliphatic heterocycles. The fourth-order valence-corrected chi connectivity index (χ4v) is 7.47. The highest BCUT2D eigenvalue weighted by Gasteiger charge is 2.26. The van der Waals surface area contributed by atoms with Gasteiger partial charge in [-0.3, -0.25) is 13.9 Å². The number of hydrogen-bond donors (Lipinski definition) is 4. The first-order valence-electron chi connectivity index (χ1n) is 14.5. The lowest BCUT2D eigenvalue weighted by Crippen LogP contribution is -2.30. The normalized spacial score (nSPS) is 12.7. The second-order valence-electron chi connectivity index (χ2n) is 10.6. The molecule has 17 nitrogen and oxygen atoms in total. The molecule has 0 unspecified atom stereocenters. The minimum atomic E-state index is -5.12. The zero-order chi connectivity index (χ0) is 37.2. The van der Waals surface area contributed by atoms with E-state index >= 15 is 0 Å². The number of nitrogens with one attached hydrogen (secondary N) is 1. The summed E-state index contributed by atoms with van der Waals surface area (Å²) in [7, 11) is -12.3. The molecule has 4 rings (SSSR count). The van der Waals surface area contributed by atoms with Crippen LogP contribution < -0.4 is 10.1 Å². The van der Waals surface area contributed by atoms with E-state index in [1.807, 2.05) is 0 Å². The first-order chi connectivity index (χ1) is 23.3. The average Bonchev–Trinajstić information content (AvgIpc) is 3.03. The number of aromatic hydroxyl groups is 1. The van der Waals surface area contributed by atoms with E-state index in [-0.39, 0.29) is 38.5 Å². The number of aryl methyl sites for hydroxylation is 1. The van der Waals surface area contributed by atoms with Crippen LogP contribution in [0, 0.1) is 6.92 Å². The third-order valence-electron chi connectivity index (χ3n) is 7.22. The lowest BCUT2D eigenvalue weighted by atomic mass is 10.1. The van der Waals surface area contributed by atoms with Gasteiger partial charge < -0.3 is 15.2 Å². The maximum absolute atomic E-state index is 12.8. The van der Waals surface area contributed by atoms with Gasteiger partial charge in [0.05, 0.1) is 34.0 Å². The van der Waals surface area contributed by atoms with E-state index in [2.05, 4.69) is 25.8 Å². The SMILES string of the molecule is CCN(CC)S(=O)(=O)c1ccc(N=Nc2cc(C)c(N=Nc3c(S(=O)(=O)O)cc4cc(S(=O)(=O)O)cc(NC(C)=O)c4c3O)cc2OC)cc1. The summed E-state index contributed by atoms with van der Waals surface area (Å²) in [5.41, 5.74) is 0.0568. The third-order valence-corrected chi connectivity index (χ3v) is 11.0. The molecule has 0 aromatic heterocycles. The molecule has 266 valence electrons. The fourth-order valence-electron chi connectivity index (χ4n) is 4.81. The van der Waals surface area contributed by atoms with Crippen molar-refractivity contribution in [1.29, 1.82) is 0 Å². The van der Waals surface area contributed by atoms with Crippen LogP contribution in [0.1, 0.15) is 26.3 Å². The van der Waals surface area contributed by atoms with Crippen LogP contribution in [-0.4, -0.2) is 69.9 Å². The quantitative estimate of drug-likeness (QED) is 0.0940. The van der Waals surface area contributed by atoms with Crippen molar-refractivity contribution in [3.05, 3.63) is 60.2 Å². The molecule has 4 aromatic rings. The Hall–Kier alpha value is -4.86. The van der Waals surface area contributed by atoms with Crippen LogP contribution >= 0.6 is 0 Å². The predicted molar refractivity (Wildman–Crippen MR) is 182 cm³/mol. The molecule has 0 aliphatic carbocycles. The lowest BCUT2D eigenvalue weighted by Gasteiger charge is -2.18. The highest BCUT2D eigenvalue weighted by atomic mass is 32.2. The van der Waals surface area contributed by atoms with Crippen molar-refractivity contribution in [3.8, 4) is 11.5 Å². The number of nitrogens with zero attached hydrogens (tertiary/aromatic N) is 5. The summed E-state index contributed by atoms with van der Waals surface area (Å²) in [6, 6.07) is 11.2. The molecule has 4 aromatic carbocycles. The number of rotatable bonds is 12. The van der Waals surface area contributed by atoms with Gasteiger partial charge in [0.15, 0.2) is 5.75 Å². The van der Waals surface area contributed by atoms with Gasteiger partial charge in [-0.2, -0.15) is 26.3 Å². The van der Waals surface area contributed by atoms with E-state index in [0.29, 0.717) is 24.3 Å². The maximum Gasteiger partial charge on any atom is 0.296 e. The van der Waals surface area contributed by atoms with Crippen molar-refractivity contribution in [2.45, 2.75) is 42.4 Å². The van der Waals surface area contributed by atoms with E-state index in [1.54, 1.807) is 20.8 Å². The number of azo groups is 2. The van der Waals surface area contributed by atoms with Crippen LogP contribution in [0.25, 0.3) is 10.8 Å². The number of methoxy groups -OCH3 is 1. The summed E-state index contributed by atoms with van der Waals surface area (Å²) in [4.78, 5) is 10.3. The molecule has 0 saturated carbocycles. The molecule has 0 heterocycles. The number of phenolic OH excluding ortho intramolecular Hbond substituents is 1. The number of carbonyl (C=O) groups is 1. The zero-order valence-corrected chi connectivity index (χ0v) is 29.6. The number of sulfonamides is 1. The van der Waals surface area contributed by atoms with Crippen molar-refractivity contribution in [2.24, 2.45) is 20.5 Å². The van der Waals surface area contributed by atoms with E-state index in [0.717, 1.165) is 25.1 Å². The van der Waals surface area contributed by atoms with Gasteiger partial charge >= 0.3 is 0 Å². The van der Waals surface area contributed by atoms with Gasteiger partial charge in [0, 0.05) is 31.5 Å². The van der Waals surface area contributed by atoms with Gasteiger partial charge in [-0.25, -0.2) is 8.42 Å². The maximum atomic E-state index is 12.8. The Morgan fingerprint density at radius 2 is 1.44 bits per heavy atom. The van der Waals surface area contributed by atoms with Crippen LogP contribution in [0.5, 0.6) is 11.5 Å². The van der Waals surface area contributed by atoms with E-state index in [9.17, 15) is 44.3 Å². The Kier molecular flexibility index (Phi) is 11.0. The monoisotopic (exact) mass is 748 g/mol. The van der Waals surface area contributed by atoms with Crippen molar-refractivity contribution in [3.63, 3.8) is 0 Å². The average molecular weight is 749 g/mol. The first kappa shape index (κ1) is 38.0. The zero-order valence-electron chi connectivity index (χ0n) is 27.2. The molecule has 0 saturated heterocycles. The second-order valence-corrected chi connectivity index (χ2v) is 15.3. The summed E-state index contributed by atoms with van der Waals surface area (Å²) in [6.45, 7) is 6.82. The highest BCUT2D eigenvalue weighted by Crippen LogP contribution is 2.46. The molecule has 0 atom stereocenters. The first-order valence-corrected chi connectivity index (χ1v) is 18.8. The van der Waals surface area contributed by atoms with Crippen molar-refractivity contribution in [2.75, 3.05) is 25.5 Å². The third kappa shape index (κ3) is 8.12. The molecule has 4 N–H and O–H groups in total. The topological polar surface area (TPSA) is 254 Å². The Balaban J connectivity index is 1.77. The number of fused-ring (bicyclic) bond motifs is 1. The van der Waals surface area contributed by atoms with Gasteiger partial charge in [-0.1, -0.05) is 13.8 Å². The number of amides is 1. The number of ether oxygens (including phenoxy) is 1. The van der Waals surface area contributed by atoms with Gasteiger partial charge in [0.2, 0.25) is 15.9 Å². The standard InChI is InChI=1S/C30H32N6O11S3/c1-6-36(7-2)48(39,40)21-10-8-20(9-11-21)32-34-24-12-17(3)23(16-26(24)47-5)33-35-29-27(50(44,45)46)14-19-13-22(49(41,42)43)15-25(31-18(4)37)28(19)30(29)38/h8-16,38H,6-7H2,1-5H3,(H,31,37)(H,41,42,43)(H,44,45,46). The van der Waals surface area contributed by atoms with E-state index < -0.39 is 57.4 Å². The van der Waals surface area contributed by atoms with Crippen molar-refractivity contribution in [1.82, 2.24) is 4.31 Å². The summed E-state index contributed by atoms with van der Waals surface area (Å²) in [6.07, 6.45) is 0. The predicted octanol–water partition coefficient (Wildman–Crippen LogP) is 6.18. The van der Waals surface area contributed by atoms with E-state index in [4.69, 9.17) is 4.74 Å². The summed E-state index contributed by atoms with van der Waals surface area (Å²) in [5, 5.41) is 29.2. The second kappa shape index (κ2) is 14.5. The smallest absolute Gasteiger partial charge is 0.296 e. The molecule has 0 bridgehead atoms. The van der Waals surface area contributed by atoms with Gasteiger partial charge in [0.25, 0.3) is 20.2 Å². The molecular weight excluding hydrogens is 717 g/mol. The number of hydrogen-bond acceptors (Lipinski definition) is 13. The van der Waals surface area contributed by atoms with Gasteiger partial charge in [-0.15, -0.1) is 15.3 Å². The Morgan fingerprint density at radius 1 is 0.820 bits per heavy atom. The minimum Gasteiger partial charge on any atom is -0.505 e. The van der Waals surface area contributed by atoms with Crippen LogP contribution in [-0.2, 0) is 35.1 Å². The van der Waals surface area contributed by atoms with Gasteiger partial charge in [0.1, 0.15) is 22.0 Å². The molecular formula is C30H32N6O11S3. The van der Waals surface area contributed by atoms with Crippen LogP contribution in [0.3, 0.4) is 0 Å². The molecule has 0 radical (unpaired) electrons. The number of phenols is 1. The summed E-state index contributed by atoms with van der Waals surface area (Å²) in [5.74, 6) is -1.44. The summed E-state index contributed by atoms with van der Waals surface area (Å²) >= 11 is 0. The molecule has 1 amide bonds. The number of anilines is 1. The van der Waals surface area contributed by atoms with Crippen LogP contribution in [0.4, 0.5) is 28.4 Å². The Labute approximate surface area is 287 Å². The van der Waals surface area contributed by atoms with Crippen LogP contribution in [0.2, 0.25) is 0 Å². The number of benzene rings is 4. The lowest BCUT2D eigenvalue weighted by molar-refractivity contribution is -0.114. The molecule has 50 heavy (non-hydrogen) atoms.